The first-order valence-corrected chi connectivity index (χ1v) is 7.92. The van der Waals surface area contributed by atoms with E-state index in [4.69, 9.17) is 9.47 Å². The first-order valence-electron chi connectivity index (χ1n) is 7.92. The Balaban J connectivity index is 1.37. The third kappa shape index (κ3) is 2.78. The maximum absolute atomic E-state index is 12.5. The normalized spacial score (nSPS) is 23.7. The highest BCUT2D eigenvalue weighted by Gasteiger charge is 2.41. The first-order chi connectivity index (χ1) is 10.7. The molecule has 2 aliphatic heterocycles. The van der Waals surface area contributed by atoms with Gasteiger partial charge in [0.25, 0.3) is 5.91 Å². The van der Waals surface area contributed by atoms with Crippen LogP contribution in [0.4, 0.5) is 5.82 Å². The molecule has 1 spiro atoms. The molecule has 0 atom stereocenters. The van der Waals surface area contributed by atoms with Crippen molar-refractivity contribution in [3.63, 3.8) is 0 Å². The van der Waals surface area contributed by atoms with Crippen molar-refractivity contribution in [3.8, 4) is 0 Å². The SMILES string of the molecule is O=C(c1ccc(NC2CC2)nn1)N1CCC2(CC1)OCCO2. The van der Waals surface area contributed by atoms with E-state index < -0.39 is 5.79 Å². The molecule has 0 unspecified atom stereocenters. The second-order valence-corrected chi connectivity index (χ2v) is 6.12. The molecule has 3 heterocycles. The number of likely N-dealkylation sites (tertiary alicyclic amines) is 1. The van der Waals surface area contributed by atoms with Gasteiger partial charge in [0, 0.05) is 32.0 Å². The molecule has 7 nitrogen and oxygen atoms in total. The Morgan fingerprint density at radius 1 is 1.18 bits per heavy atom. The Kier molecular flexibility index (Phi) is 3.46. The molecule has 1 aliphatic carbocycles. The third-order valence-corrected chi connectivity index (χ3v) is 4.44. The van der Waals surface area contributed by atoms with E-state index in [1.807, 2.05) is 6.07 Å². The largest absolute Gasteiger partial charge is 0.366 e. The Morgan fingerprint density at radius 2 is 1.91 bits per heavy atom. The van der Waals surface area contributed by atoms with Gasteiger partial charge in [0.15, 0.2) is 11.5 Å². The summed E-state index contributed by atoms with van der Waals surface area (Å²) in [6, 6.07) is 4.10. The third-order valence-electron chi connectivity index (χ3n) is 4.44. The number of aromatic nitrogens is 2. The quantitative estimate of drug-likeness (QED) is 0.899. The zero-order valence-corrected chi connectivity index (χ0v) is 12.5. The molecule has 1 amide bonds. The summed E-state index contributed by atoms with van der Waals surface area (Å²) in [5.74, 6) is 0.211. The van der Waals surface area contributed by atoms with Gasteiger partial charge in [-0.25, -0.2) is 0 Å². The maximum Gasteiger partial charge on any atom is 0.274 e. The predicted molar refractivity (Wildman–Crippen MR) is 78.4 cm³/mol. The van der Waals surface area contributed by atoms with Gasteiger partial charge in [-0.05, 0) is 25.0 Å². The van der Waals surface area contributed by atoms with Crippen molar-refractivity contribution in [3.05, 3.63) is 17.8 Å². The van der Waals surface area contributed by atoms with E-state index in [1.54, 1.807) is 11.0 Å². The van der Waals surface area contributed by atoms with E-state index in [1.165, 1.54) is 12.8 Å². The number of carbonyl (C=O) groups excluding carboxylic acids is 1. The number of ether oxygens (including phenoxy) is 2. The van der Waals surface area contributed by atoms with Gasteiger partial charge < -0.3 is 19.7 Å². The highest BCUT2D eigenvalue weighted by Crippen LogP contribution is 2.31. The van der Waals surface area contributed by atoms with Crippen LogP contribution < -0.4 is 5.32 Å². The number of amides is 1. The smallest absolute Gasteiger partial charge is 0.274 e. The number of hydrogen-bond donors (Lipinski definition) is 1. The lowest BCUT2D eigenvalue weighted by molar-refractivity contribution is -0.181. The summed E-state index contributed by atoms with van der Waals surface area (Å²) in [6.45, 7) is 2.55. The fourth-order valence-corrected chi connectivity index (χ4v) is 2.96. The lowest BCUT2D eigenvalue weighted by Gasteiger charge is -2.37. The molecule has 3 fully saturated rings. The Morgan fingerprint density at radius 3 is 2.50 bits per heavy atom. The summed E-state index contributed by atoms with van der Waals surface area (Å²) in [7, 11) is 0. The number of hydrogen-bond acceptors (Lipinski definition) is 6. The number of anilines is 1. The van der Waals surface area contributed by atoms with Gasteiger partial charge in [0.1, 0.15) is 5.82 Å². The van der Waals surface area contributed by atoms with Crippen LogP contribution in [0.1, 0.15) is 36.2 Å². The van der Waals surface area contributed by atoms with Gasteiger partial charge in [-0.2, -0.15) is 0 Å². The summed E-state index contributed by atoms with van der Waals surface area (Å²) in [5, 5.41) is 11.4. The number of carbonyl (C=O) groups is 1. The van der Waals surface area contributed by atoms with Gasteiger partial charge in [-0.3, -0.25) is 4.79 Å². The van der Waals surface area contributed by atoms with Gasteiger partial charge in [-0.15, -0.1) is 10.2 Å². The number of rotatable bonds is 3. The molecule has 1 aromatic heterocycles. The molecule has 2 saturated heterocycles. The van der Waals surface area contributed by atoms with Gasteiger partial charge in [0.05, 0.1) is 13.2 Å². The van der Waals surface area contributed by atoms with Gasteiger partial charge >= 0.3 is 0 Å². The molecule has 1 N–H and O–H groups in total. The molecule has 7 heteroatoms. The van der Waals surface area contributed by atoms with Crippen molar-refractivity contribution in [1.29, 1.82) is 0 Å². The topological polar surface area (TPSA) is 76.6 Å². The molecular formula is C15H20N4O3. The number of piperidine rings is 1. The van der Waals surface area contributed by atoms with Crippen molar-refractivity contribution in [2.24, 2.45) is 0 Å². The molecule has 22 heavy (non-hydrogen) atoms. The van der Waals surface area contributed by atoms with Crippen molar-refractivity contribution >= 4 is 11.7 Å². The van der Waals surface area contributed by atoms with Crippen LogP contribution in [0.2, 0.25) is 0 Å². The van der Waals surface area contributed by atoms with Crippen LogP contribution in [0.3, 0.4) is 0 Å². The number of nitrogens with one attached hydrogen (secondary N) is 1. The summed E-state index contributed by atoms with van der Waals surface area (Å²) >= 11 is 0. The molecular weight excluding hydrogens is 284 g/mol. The molecule has 4 rings (SSSR count). The Labute approximate surface area is 129 Å². The first kappa shape index (κ1) is 13.9. The van der Waals surface area contributed by atoms with Crippen molar-refractivity contribution in [2.45, 2.75) is 37.5 Å². The Hall–Kier alpha value is -1.73. The highest BCUT2D eigenvalue weighted by atomic mass is 16.7. The fraction of sp³-hybridized carbons (Fsp3) is 0.667. The zero-order valence-electron chi connectivity index (χ0n) is 12.5. The minimum Gasteiger partial charge on any atom is -0.366 e. The minimum absolute atomic E-state index is 0.0710. The average molecular weight is 304 g/mol. The van der Waals surface area contributed by atoms with Crippen LogP contribution in [0.5, 0.6) is 0 Å². The van der Waals surface area contributed by atoms with Crippen LogP contribution in [0.15, 0.2) is 12.1 Å². The molecule has 1 saturated carbocycles. The van der Waals surface area contributed by atoms with Gasteiger partial charge in [-0.1, -0.05) is 0 Å². The molecule has 0 radical (unpaired) electrons. The summed E-state index contributed by atoms with van der Waals surface area (Å²) in [4.78, 5) is 14.3. The standard InChI is InChI=1S/C15H20N4O3/c20-14(12-3-4-13(18-17-12)16-11-1-2-11)19-7-5-15(6-8-19)21-9-10-22-15/h3-4,11H,1-2,5-10H2,(H,16,18). The van der Waals surface area contributed by atoms with E-state index in [-0.39, 0.29) is 5.91 Å². The van der Waals surface area contributed by atoms with E-state index in [0.29, 0.717) is 50.9 Å². The lowest BCUT2D eigenvalue weighted by atomic mass is 10.0. The molecule has 1 aromatic rings. The van der Waals surface area contributed by atoms with Crippen LogP contribution in [0, 0.1) is 0 Å². The van der Waals surface area contributed by atoms with Crippen LogP contribution in [0.25, 0.3) is 0 Å². The fourth-order valence-electron chi connectivity index (χ4n) is 2.96. The molecule has 3 aliphatic rings. The van der Waals surface area contributed by atoms with E-state index in [2.05, 4.69) is 15.5 Å². The van der Waals surface area contributed by atoms with Crippen molar-refractivity contribution in [2.75, 3.05) is 31.6 Å². The van der Waals surface area contributed by atoms with E-state index >= 15 is 0 Å². The van der Waals surface area contributed by atoms with Crippen LogP contribution in [-0.4, -0.2) is 59.1 Å². The maximum atomic E-state index is 12.5. The van der Waals surface area contributed by atoms with Crippen LogP contribution in [-0.2, 0) is 9.47 Å². The number of nitrogens with zero attached hydrogens (tertiary/aromatic N) is 3. The summed E-state index contributed by atoms with van der Waals surface area (Å²) in [5.41, 5.74) is 0.394. The van der Waals surface area contributed by atoms with Crippen LogP contribution >= 0.6 is 0 Å². The average Bonchev–Trinajstić information content (AvgIpc) is 3.26. The Bertz CT molecular complexity index is 542. The monoisotopic (exact) mass is 304 g/mol. The predicted octanol–water partition coefficient (Wildman–Crippen LogP) is 1.03. The molecule has 0 bridgehead atoms. The summed E-state index contributed by atoms with van der Waals surface area (Å²) in [6.07, 6.45) is 3.80. The van der Waals surface area contributed by atoms with E-state index in [0.717, 1.165) is 5.82 Å². The second kappa shape index (κ2) is 5.48. The second-order valence-electron chi connectivity index (χ2n) is 6.12. The highest BCUT2D eigenvalue weighted by molar-refractivity contribution is 5.92. The van der Waals surface area contributed by atoms with E-state index in [9.17, 15) is 4.79 Å². The van der Waals surface area contributed by atoms with Crippen molar-refractivity contribution < 1.29 is 14.3 Å². The van der Waals surface area contributed by atoms with Gasteiger partial charge in [0.2, 0.25) is 0 Å². The molecule has 0 aromatic carbocycles. The van der Waals surface area contributed by atoms with Crippen molar-refractivity contribution in [1.82, 2.24) is 15.1 Å². The molecule has 118 valence electrons. The minimum atomic E-state index is -0.458. The zero-order chi connectivity index (χ0) is 15.0. The lowest BCUT2D eigenvalue weighted by Crippen LogP contribution is -2.47. The summed E-state index contributed by atoms with van der Waals surface area (Å²) < 4.78 is 11.4.